The molecule has 1 nitrogen and oxygen atoms in total. The minimum atomic E-state index is -0.136. The van der Waals surface area contributed by atoms with Gasteiger partial charge in [0.05, 0.1) is 0 Å². The maximum absolute atomic E-state index is 3.43. The summed E-state index contributed by atoms with van der Waals surface area (Å²) in [5.41, 5.74) is 0. The van der Waals surface area contributed by atoms with Crippen LogP contribution in [-0.2, 0) is 0 Å². The van der Waals surface area contributed by atoms with E-state index >= 15 is 0 Å². The summed E-state index contributed by atoms with van der Waals surface area (Å²) >= 11 is 0. The third kappa shape index (κ3) is 1.67. The van der Waals surface area contributed by atoms with E-state index in [9.17, 15) is 0 Å². The van der Waals surface area contributed by atoms with Crippen molar-refractivity contribution in [2.75, 3.05) is 36.1 Å². The number of nitrogens with one attached hydrogen (secondary N) is 1. The lowest BCUT2D eigenvalue weighted by Crippen LogP contribution is -2.35. The second-order valence-corrected chi connectivity index (χ2v) is 7.38. The normalized spacial score (nSPS) is 27.8. The number of hydrogen-bond acceptors (Lipinski definition) is 1. The van der Waals surface area contributed by atoms with Gasteiger partial charge in [-0.15, -0.1) is 0 Å². The van der Waals surface area contributed by atoms with Crippen LogP contribution in [0, 0.1) is 0 Å². The van der Waals surface area contributed by atoms with E-state index < -0.39 is 0 Å². The summed E-state index contributed by atoms with van der Waals surface area (Å²) in [6.45, 7) is 7.28. The standard InChI is InChI=1S/C8H19NS/c1-3-10(4-2)7-5-9-6-8-10/h9H,3-8H2,1-2H3. The fraction of sp³-hybridized carbons (Fsp3) is 1.00. The van der Waals surface area contributed by atoms with Gasteiger partial charge in [0.25, 0.3) is 0 Å². The molecule has 1 aliphatic heterocycles. The SMILES string of the molecule is CCS1(CC)CCNCC1. The Hall–Kier alpha value is 0.310. The van der Waals surface area contributed by atoms with Crippen LogP contribution in [0.25, 0.3) is 0 Å². The Bertz CT molecular complexity index is 91.4. The molecule has 1 aliphatic rings. The highest BCUT2D eigenvalue weighted by atomic mass is 32.3. The van der Waals surface area contributed by atoms with Crippen molar-refractivity contribution in [3.8, 4) is 0 Å². The van der Waals surface area contributed by atoms with Gasteiger partial charge in [-0.2, -0.15) is 0 Å². The maximum Gasteiger partial charge on any atom is 0.00279 e. The summed E-state index contributed by atoms with van der Waals surface area (Å²) in [4.78, 5) is 0. The van der Waals surface area contributed by atoms with Crippen molar-refractivity contribution < 1.29 is 0 Å². The fourth-order valence-electron chi connectivity index (χ4n) is 1.59. The van der Waals surface area contributed by atoms with Crippen molar-refractivity contribution in [2.24, 2.45) is 0 Å². The van der Waals surface area contributed by atoms with Crippen LogP contribution in [0.5, 0.6) is 0 Å². The molecule has 0 aromatic heterocycles. The van der Waals surface area contributed by atoms with Crippen LogP contribution in [0.2, 0.25) is 0 Å². The van der Waals surface area contributed by atoms with Gasteiger partial charge in [-0.25, -0.2) is 10.0 Å². The lowest BCUT2D eigenvalue weighted by Gasteiger charge is -2.41. The predicted molar refractivity (Wildman–Crippen MR) is 51.3 cm³/mol. The van der Waals surface area contributed by atoms with E-state index in [-0.39, 0.29) is 10.0 Å². The Kier molecular flexibility index (Phi) is 3.05. The summed E-state index contributed by atoms with van der Waals surface area (Å²) in [7, 11) is -0.136. The maximum atomic E-state index is 3.43. The molecular formula is C8H19NS. The van der Waals surface area contributed by atoms with Gasteiger partial charge in [0.1, 0.15) is 0 Å². The average Bonchev–Trinajstić information content (AvgIpc) is 2.06. The third-order valence-electron chi connectivity index (χ3n) is 2.65. The van der Waals surface area contributed by atoms with Crippen LogP contribution in [0.3, 0.4) is 0 Å². The largest absolute Gasteiger partial charge is 0.315 e. The molecule has 1 heterocycles. The Labute approximate surface area is 65.9 Å². The van der Waals surface area contributed by atoms with Crippen LogP contribution >= 0.6 is 10.0 Å². The zero-order chi connectivity index (χ0) is 7.45. The van der Waals surface area contributed by atoms with Gasteiger partial charge in [-0.3, -0.25) is 0 Å². The summed E-state index contributed by atoms with van der Waals surface area (Å²) in [6, 6.07) is 0. The van der Waals surface area contributed by atoms with E-state index in [1.54, 1.807) is 0 Å². The summed E-state index contributed by atoms with van der Waals surface area (Å²) in [5, 5.41) is 3.43. The van der Waals surface area contributed by atoms with Gasteiger partial charge < -0.3 is 5.32 Å². The number of hydrogen-bond donors (Lipinski definition) is 1. The molecule has 0 spiro atoms. The molecule has 0 atom stereocenters. The van der Waals surface area contributed by atoms with E-state index in [1.165, 1.54) is 36.1 Å². The smallest absolute Gasteiger partial charge is 0.00279 e. The average molecular weight is 161 g/mol. The molecule has 0 saturated carbocycles. The second-order valence-electron chi connectivity index (χ2n) is 2.96. The van der Waals surface area contributed by atoms with Gasteiger partial charge in [-0.1, -0.05) is 13.8 Å². The fourth-order valence-corrected chi connectivity index (χ4v) is 4.51. The third-order valence-corrected chi connectivity index (χ3v) is 7.24. The number of rotatable bonds is 2. The first-order chi connectivity index (χ1) is 4.83. The molecule has 0 radical (unpaired) electrons. The van der Waals surface area contributed by atoms with Gasteiger partial charge in [0.2, 0.25) is 0 Å². The molecule has 10 heavy (non-hydrogen) atoms. The van der Waals surface area contributed by atoms with Crippen LogP contribution < -0.4 is 5.32 Å². The molecule has 0 aromatic rings. The van der Waals surface area contributed by atoms with Crippen LogP contribution in [0.4, 0.5) is 0 Å². The summed E-state index contributed by atoms with van der Waals surface area (Å²) in [5.74, 6) is 5.84. The van der Waals surface area contributed by atoms with Crippen molar-refractivity contribution in [1.82, 2.24) is 5.32 Å². The van der Waals surface area contributed by atoms with Crippen LogP contribution in [0.15, 0.2) is 0 Å². The van der Waals surface area contributed by atoms with Crippen molar-refractivity contribution >= 4 is 10.0 Å². The zero-order valence-electron chi connectivity index (χ0n) is 7.15. The van der Waals surface area contributed by atoms with Crippen LogP contribution in [-0.4, -0.2) is 36.1 Å². The van der Waals surface area contributed by atoms with E-state index in [2.05, 4.69) is 19.2 Å². The monoisotopic (exact) mass is 161 g/mol. The van der Waals surface area contributed by atoms with E-state index in [4.69, 9.17) is 0 Å². The minimum Gasteiger partial charge on any atom is -0.315 e. The van der Waals surface area contributed by atoms with E-state index in [0.29, 0.717) is 0 Å². The molecule has 1 fully saturated rings. The van der Waals surface area contributed by atoms with Gasteiger partial charge >= 0.3 is 0 Å². The molecule has 0 bridgehead atoms. The first-order valence-corrected chi connectivity index (χ1v) is 6.59. The molecule has 0 unspecified atom stereocenters. The Morgan fingerprint density at radius 3 is 1.90 bits per heavy atom. The summed E-state index contributed by atoms with van der Waals surface area (Å²) in [6.07, 6.45) is 0. The van der Waals surface area contributed by atoms with E-state index in [1.807, 2.05) is 0 Å². The molecular weight excluding hydrogens is 142 g/mol. The lowest BCUT2D eigenvalue weighted by molar-refractivity contribution is 0.745. The quantitative estimate of drug-likeness (QED) is 0.646. The van der Waals surface area contributed by atoms with Crippen molar-refractivity contribution in [3.63, 3.8) is 0 Å². The molecule has 1 N–H and O–H groups in total. The highest BCUT2D eigenvalue weighted by Crippen LogP contribution is 2.47. The topological polar surface area (TPSA) is 12.0 Å². The van der Waals surface area contributed by atoms with Crippen LogP contribution in [0.1, 0.15) is 13.8 Å². The molecule has 1 saturated heterocycles. The highest BCUT2D eigenvalue weighted by molar-refractivity contribution is 8.33. The second kappa shape index (κ2) is 3.63. The minimum absolute atomic E-state index is 0.136. The molecule has 1 rings (SSSR count). The molecule has 0 aliphatic carbocycles. The van der Waals surface area contributed by atoms with Crippen molar-refractivity contribution in [1.29, 1.82) is 0 Å². The molecule has 62 valence electrons. The Morgan fingerprint density at radius 2 is 1.60 bits per heavy atom. The van der Waals surface area contributed by atoms with Crippen molar-refractivity contribution in [3.05, 3.63) is 0 Å². The molecule has 0 aromatic carbocycles. The van der Waals surface area contributed by atoms with Gasteiger partial charge in [0.15, 0.2) is 0 Å². The summed E-state index contributed by atoms with van der Waals surface area (Å²) < 4.78 is 0. The molecule has 2 heteroatoms. The first kappa shape index (κ1) is 8.41. The predicted octanol–water partition coefficient (Wildman–Crippen LogP) is 1.43. The first-order valence-electron chi connectivity index (χ1n) is 4.28. The van der Waals surface area contributed by atoms with Gasteiger partial charge in [-0.05, 0) is 23.0 Å². The Morgan fingerprint density at radius 1 is 1.10 bits per heavy atom. The lowest BCUT2D eigenvalue weighted by atomic mass is 10.6. The zero-order valence-corrected chi connectivity index (χ0v) is 7.97. The highest BCUT2D eigenvalue weighted by Gasteiger charge is 2.21. The van der Waals surface area contributed by atoms with E-state index in [0.717, 1.165) is 0 Å². The molecule has 0 amide bonds. The van der Waals surface area contributed by atoms with Gasteiger partial charge in [0, 0.05) is 13.1 Å². The van der Waals surface area contributed by atoms with Crippen molar-refractivity contribution in [2.45, 2.75) is 13.8 Å². The Balaban J connectivity index is 2.44.